The van der Waals surface area contributed by atoms with Crippen molar-refractivity contribution in [1.29, 1.82) is 0 Å². The van der Waals surface area contributed by atoms with Gasteiger partial charge in [0.05, 0.1) is 38.2 Å². The van der Waals surface area contributed by atoms with Gasteiger partial charge >= 0.3 is 0 Å². The molecule has 7 rings (SSSR count). The molecule has 0 aliphatic heterocycles. The Kier molecular flexibility index (Phi) is 13.4. The van der Waals surface area contributed by atoms with Crippen LogP contribution in [0.2, 0.25) is 0 Å². The summed E-state index contributed by atoms with van der Waals surface area (Å²) in [6.07, 6.45) is -0.923. The second-order valence-electron chi connectivity index (χ2n) is 13.7. The summed E-state index contributed by atoms with van der Waals surface area (Å²) in [4.78, 5) is 0. The molecular weight excluding hydrogens is 677 g/mol. The molecule has 6 atom stereocenters. The third-order valence-electron chi connectivity index (χ3n) is 9.75. The number of ether oxygens (including phenoxy) is 4. The molecule has 0 spiro atoms. The predicted molar refractivity (Wildman–Crippen MR) is 207 cm³/mol. The number of aliphatic hydroxyl groups excluding tert-OH is 1. The van der Waals surface area contributed by atoms with Gasteiger partial charge in [0.15, 0.2) is 0 Å². The van der Waals surface area contributed by atoms with Gasteiger partial charge in [0, 0.05) is 19.3 Å². The summed E-state index contributed by atoms with van der Waals surface area (Å²) in [5.41, 5.74) is 6.02. The van der Waals surface area contributed by atoms with Gasteiger partial charge in [-0.25, -0.2) is 0 Å². The first kappa shape index (κ1) is 37.3. The number of aryl methyl sites for hydroxylation is 2. The molecule has 0 unspecified atom stereocenters. The summed E-state index contributed by atoms with van der Waals surface area (Å²) < 4.78 is 28.9. The number of aromatic nitrogens is 3. The minimum absolute atomic E-state index is 0.289. The monoisotopic (exact) mass is 724 g/mol. The average Bonchev–Trinajstić information content (AvgIpc) is 3.69. The molecule has 1 saturated carbocycles. The summed E-state index contributed by atoms with van der Waals surface area (Å²) in [6, 6.07) is 49.8. The lowest BCUT2D eigenvalue weighted by Gasteiger charge is -2.49. The first-order chi connectivity index (χ1) is 26.7. The van der Waals surface area contributed by atoms with E-state index >= 15 is 0 Å². The Morgan fingerprint density at radius 3 is 1.35 bits per heavy atom. The van der Waals surface area contributed by atoms with Crippen LogP contribution in [-0.2, 0) is 64.9 Å². The maximum Gasteiger partial charge on any atom is 0.115 e. The van der Waals surface area contributed by atoms with Gasteiger partial charge in [0.1, 0.15) is 30.5 Å². The Balaban J connectivity index is 1.18. The summed E-state index contributed by atoms with van der Waals surface area (Å²) in [7, 11) is 0. The Morgan fingerprint density at radius 1 is 0.500 bits per heavy atom. The summed E-state index contributed by atoms with van der Waals surface area (Å²) in [6.45, 7) is 2.30. The van der Waals surface area contributed by atoms with E-state index in [4.69, 9.17) is 18.9 Å². The molecular formula is C45H48N4O5. The van der Waals surface area contributed by atoms with Gasteiger partial charge in [-0.1, -0.05) is 157 Å². The maximum absolute atomic E-state index is 12.4. The topological polar surface area (TPSA) is 99.9 Å². The van der Waals surface area contributed by atoms with Crippen molar-refractivity contribution in [3.8, 4) is 0 Å². The van der Waals surface area contributed by atoms with Crippen molar-refractivity contribution in [2.75, 3.05) is 0 Å². The SMILES string of the molecule is O[C@@H]1[C@@H](NCc2cn(CCc3ccccc3)nn2)[C@H](OCc2ccccc2)[C@@H](OCc2ccccc2)[C@H](OCc2ccccc2)[C@H]1OCc1ccccc1. The molecule has 2 N–H and O–H groups in total. The minimum atomic E-state index is -1.03. The molecule has 9 nitrogen and oxygen atoms in total. The number of nitrogens with one attached hydrogen (secondary N) is 1. The zero-order valence-electron chi connectivity index (χ0n) is 30.3. The fourth-order valence-electron chi connectivity index (χ4n) is 6.89. The van der Waals surface area contributed by atoms with Crippen LogP contribution in [-0.4, -0.2) is 56.7 Å². The lowest BCUT2D eigenvalue weighted by molar-refractivity contribution is -0.251. The highest BCUT2D eigenvalue weighted by Crippen LogP contribution is 2.33. The fraction of sp³-hybridized carbons (Fsp3) is 0.289. The van der Waals surface area contributed by atoms with Crippen molar-refractivity contribution >= 4 is 0 Å². The number of hydrogen-bond acceptors (Lipinski definition) is 8. The molecule has 1 aliphatic carbocycles. The van der Waals surface area contributed by atoms with Crippen molar-refractivity contribution in [2.45, 2.75) is 82.5 Å². The molecule has 278 valence electrons. The van der Waals surface area contributed by atoms with Crippen LogP contribution in [0.5, 0.6) is 0 Å². The molecule has 54 heavy (non-hydrogen) atoms. The quantitative estimate of drug-likeness (QED) is 0.101. The Hall–Kier alpha value is -5.00. The number of hydrogen-bond donors (Lipinski definition) is 2. The molecule has 0 radical (unpaired) electrons. The van der Waals surface area contributed by atoms with Crippen LogP contribution >= 0.6 is 0 Å². The van der Waals surface area contributed by atoms with Crippen LogP contribution < -0.4 is 5.32 Å². The summed E-state index contributed by atoms with van der Waals surface area (Å²) in [5.74, 6) is 0. The second kappa shape index (κ2) is 19.4. The number of nitrogens with zero attached hydrogens (tertiary/aromatic N) is 3. The molecule has 1 aromatic heterocycles. The summed E-state index contributed by atoms with van der Waals surface area (Å²) in [5, 5.41) is 24.9. The predicted octanol–water partition coefficient (Wildman–Crippen LogP) is 6.70. The number of rotatable bonds is 18. The smallest absolute Gasteiger partial charge is 0.115 e. The van der Waals surface area contributed by atoms with Crippen LogP contribution in [0.3, 0.4) is 0 Å². The van der Waals surface area contributed by atoms with Crippen LogP contribution in [0, 0.1) is 0 Å². The van der Waals surface area contributed by atoms with E-state index in [1.807, 2.05) is 150 Å². The van der Waals surface area contributed by atoms with E-state index in [0.717, 1.165) is 34.4 Å². The van der Waals surface area contributed by atoms with Crippen molar-refractivity contribution in [3.63, 3.8) is 0 Å². The Morgan fingerprint density at radius 2 is 0.889 bits per heavy atom. The minimum Gasteiger partial charge on any atom is -0.389 e. The standard InChI is InChI=1S/C45H48N4O5/c50-41-40(46-28-39-29-49(48-47-39)27-26-34-16-6-1-7-17-34)42(51-30-35-18-8-2-9-19-35)44(53-32-37-22-12-4-13-23-37)45(54-33-38-24-14-5-15-25-38)43(41)52-31-36-20-10-3-11-21-36/h1-25,29,40-46,50H,26-28,30-33H2/t40-,41-,42+,43+,44-,45-/m1/s1. The molecule has 5 aromatic carbocycles. The van der Waals surface area contributed by atoms with Gasteiger partial charge in [-0.05, 0) is 34.2 Å². The van der Waals surface area contributed by atoms with Crippen LogP contribution in [0.4, 0.5) is 0 Å². The largest absolute Gasteiger partial charge is 0.389 e. The van der Waals surface area contributed by atoms with Crippen molar-refractivity contribution in [2.24, 2.45) is 0 Å². The first-order valence-corrected chi connectivity index (χ1v) is 18.7. The van der Waals surface area contributed by atoms with E-state index in [1.165, 1.54) is 5.56 Å². The van der Waals surface area contributed by atoms with E-state index in [-0.39, 0.29) is 6.61 Å². The third-order valence-corrected chi connectivity index (χ3v) is 9.75. The molecule has 1 fully saturated rings. The summed E-state index contributed by atoms with van der Waals surface area (Å²) >= 11 is 0. The zero-order chi connectivity index (χ0) is 36.8. The van der Waals surface area contributed by atoms with E-state index < -0.39 is 36.6 Å². The van der Waals surface area contributed by atoms with Gasteiger partial charge in [0.25, 0.3) is 0 Å². The van der Waals surface area contributed by atoms with E-state index in [1.54, 1.807) is 0 Å². The highest BCUT2D eigenvalue weighted by molar-refractivity contribution is 5.18. The van der Waals surface area contributed by atoms with E-state index in [2.05, 4.69) is 27.8 Å². The van der Waals surface area contributed by atoms with Gasteiger partial charge in [0.2, 0.25) is 0 Å². The Bertz CT molecular complexity index is 1930. The van der Waals surface area contributed by atoms with Crippen LogP contribution in [0.1, 0.15) is 33.5 Å². The maximum atomic E-state index is 12.4. The molecule has 1 aliphatic rings. The molecule has 0 amide bonds. The number of benzene rings is 5. The van der Waals surface area contributed by atoms with Crippen molar-refractivity contribution in [3.05, 3.63) is 191 Å². The van der Waals surface area contributed by atoms with Crippen molar-refractivity contribution in [1.82, 2.24) is 20.3 Å². The second-order valence-corrected chi connectivity index (χ2v) is 13.7. The molecule has 6 aromatic rings. The van der Waals surface area contributed by atoms with Gasteiger partial charge in [-0.3, -0.25) is 4.68 Å². The van der Waals surface area contributed by atoms with Gasteiger partial charge in [-0.15, -0.1) is 5.10 Å². The molecule has 9 heteroatoms. The molecule has 0 saturated heterocycles. The molecule has 1 heterocycles. The fourth-order valence-corrected chi connectivity index (χ4v) is 6.89. The molecule has 0 bridgehead atoms. The Labute approximate surface area is 317 Å². The number of aliphatic hydroxyl groups is 1. The van der Waals surface area contributed by atoms with Crippen LogP contribution in [0.15, 0.2) is 158 Å². The average molecular weight is 725 g/mol. The first-order valence-electron chi connectivity index (χ1n) is 18.7. The van der Waals surface area contributed by atoms with E-state index in [0.29, 0.717) is 32.9 Å². The van der Waals surface area contributed by atoms with Crippen LogP contribution in [0.25, 0.3) is 0 Å². The zero-order valence-corrected chi connectivity index (χ0v) is 30.3. The van der Waals surface area contributed by atoms with Gasteiger partial charge in [-0.2, -0.15) is 0 Å². The third kappa shape index (κ3) is 10.4. The highest BCUT2D eigenvalue weighted by atomic mass is 16.6. The van der Waals surface area contributed by atoms with Gasteiger partial charge < -0.3 is 29.4 Å². The lowest BCUT2D eigenvalue weighted by atomic mass is 9.82. The normalized spacial score (nSPS) is 21.2. The highest BCUT2D eigenvalue weighted by Gasteiger charge is 2.53. The lowest BCUT2D eigenvalue weighted by Crippen LogP contribution is -2.69. The van der Waals surface area contributed by atoms with E-state index in [9.17, 15) is 5.11 Å². The van der Waals surface area contributed by atoms with Crippen molar-refractivity contribution < 1.29 is 24.1 Å².